The molecule has 0 aliphatic carbocycles. The van der Waals surface area contributed by atoms with Gasteiger partial charge in [-0.05, 0) is 30.5 Å². The van der Waals surface area contributed by atoms with Gasteiger partial charge in [-0.25, -0.2) is 4.39 Å². The topological polar surface area (TPSA) is 68.9 Å². The summed E-state index contributed by atoms with van der Waals surface area (Å²) in [4.78, 5) is 4.29. The van der Waals surface area contributed by atoms with Gasteiger partial charge >= 0.3 is 0 Å². The second kappa shape index (κ2) is 11.5. The Hall–Kier alpha value is -1.09. The van der Waals surface area contributed by atoms with Gasteiger partial charge in [-0.1, -0.05) is 26.2 Å². The SMILES string of the molecule is CCCCCCN=C(N)NCCc1cc(F)cc2c1OCOC2.I. The minimum Gasteiger partial charge on any atom is -0.467 e. The Bertz CT molecular complexity index is 541. The third-order valence-corrected chi connectivity index (χ3v) is 3.75. The van der Waals surface area contributed by atoms with Gasteiger partial charge in [0.15, 0.2) is 12.8 Å². The number of nitrogens with zero attached hydrogens (tertiary/aromatic N) is 1. The molecule has 1 heterocycles. The van der Waals surface area contributed by atoms with E-state index in [0.29, 0.717) is 25.5 Å². The summed E-state index contributed by atoms with van der Waals surface area (Å²) < 4.78 is 24.3. The number of rotatable bonds is 8. The number of nitrogens with one attached hydrogen (secondary N) is 1. The molecule has 0 amide bonds. The Kier molecular flexibility index (Phi) is 10.0. The maximum atomic E-state index is 13.6. The molecule has 5 nitrogen and oxygen atoms in total. The normalized spacial score (nSPS) is 13.7. The largest absolute Gasteiger partial charge is 0.467 e. The van der Waals surface area contributed by atoms with E-state index in [4.69, 9.17) is 15.2 Å². The predicted molar refractivity (Wildman–Crippen MR) is 104 cm³/mol. The van der Waals surface area contributed by atoms with Gasteiger partial charge in [0.05, 0.1) is 6.61 Å². The van der Waals surface area contributed by atoms with Gasteiger partial charge in [0.25, 0.3) is 0 Å². The third kappa shape index (κ3) is 6.80. The monoisotopic (exact) mass is 451 g/mol. The van der Waals surface area contributed by atoms with Gasteiger partial charge < -0.3 is 20.5 Å². The van der Waals surface area contributed by atoms with Gasteiger partial charge in [-0.3, -0.25) is 4.99 Å². The number of halogens is 2. The average Bonchev–Trinajstić information content (AvgIpc) is 2.54. The lowest BCUT2D eigenvalue weighted by atomic mass is 10.1. The van der Waals surface area contributed by atoms with Crippen molar-refractivity contribution in [1.29, 1.82) is 0 Å². The Morgan fingerprint density at radius 3 is 2.96 bits per heavy atom. The lowest BCUT2D eigenvalue weighted by Gasteiger charge is -2.21. The average molecular weight is 451 g/mol. The second-order valence-electron chi connectivity index (χ2n) is 5.67. The summed E-state index contributed by atoms with van der Waals surface area (Å²) >= 11 is 0. The highest BCUT2D eigenvalue weighted by Crippen LogP contribution is 2.29. The lowest BCUT2D eigenvalue weighted by Crippen LogP contribution is -2.33. The van der Waals surface area contributed by atoms with Crippen LogP contribution in [-0.4, -0.2) is 25.8 Å². The molecule has 0 saturated carbocycles. The zero-order valence-electron chi connectivity index (χ0n) is 14.1. The summed E-state index contributed by atoms with van der Waals surface area (Å²) in [5.74, 6) is 0.899. The zero-order valence-corrected chi connectivity index (χ0v) is 16.5. The number of benzene rings is 1. The van der Waals surface area contributed by atoms with Crippen LogP contribution in [0, 0.1) is 5.82 Å². The van der Waals surface area contributed by atoms with Crippen LogP contribution in [0.5, 0.6) is 5.75 Å². The van der Waals surface area contributed by atoms with Crippen LogP contribution in [0.3, 0.4) is 0 Å². The van der Waals surface area contributed by atoms with Crippen molar-refractivity contribution in [1.82, 2.24) is 5.32 Å². The van der Waals surface area contributed by atoms with Crippen LogP contribution < -0.4 is 15.8 Å². The number of fused-ring (bicyclic) bond motifs is 1. The van der Waals surface area contributed by atoms with Crippen LogP contribution >= 0.6 is 24.0 Å². The smallest absolute Gasteiger partial charge is 0.189 e. The number of nitrogens with two attached hydrogens (primary N) is 1. The van der Waals surface area contributed by atoms with Crippen molar-refractivity contribution < 1.29 is 13.9 Å². The fourth-order valence-electron chi connectivity index (χ4n) is 2.56. The summed E-state index contributed by atoms with van der Waals surface area (Å²) in [7, 11) is 0. The molecule has 1 aliphatic rings. The first kappa shape index (κ1) is 21.0. The van der Waals surface area contributed by atoms with Crippen LogP contribution in [0.2, 0.25) is 0 Å². The van der Waals surface area contributed by atoms with E-state index in [9.17, 15) is 4.39 Å². The number of ether oxygens (including phenoxy) is 2. The Balaban J connectivity index is 0.00000288. The zero-order chi connectivity index (χ0) is 16.5. The third-order valence-electron chi connectivity index (χ3n) is 3.75. The summed E-state index contributed by atoms with van der Waals surface area (Å²) in [6.45, 7) is 4.11. The molecule has 3 N–H and O–H groups in total. The highest BCUT2D eigenvalue weighted by Gasteiger charge is 2.16. The fraction of sp³-hybridized carbons (Fsp3) is 0.588. The fourth-order valence-corrected chi connectivity index (χ4v) is 2.56. The minimum atomic E-state index is -0.273. The van der Waals surface area contributed by atoms with E-state index in [1.807, 2.05) is 0 Å². The summed E-state index contributed by atoms with van der Waals surface area (Å²) in [5, 5.41) is 3.07. The molecule has 1 aromatic rings. The van der Waals surface area contributed by atoms with Crippen LogP contribution in [0.4, 0.5) is 4.39 Å². The molecule has 2 rings (SSSR count). The highest BCUT2D eigenvalue weighted by atomic mass is 127. The van der Waals surface area contributed by atoms with Crippen molar-refractivity contribution in [2.75, 3.05) is 19.9 Å². The van der Waals surface area contributed by atoms with Gasteiger partial charge in [0, 0.05) is 18.7 Å². The van der Waals surface area contributed by atoms with E-state index in [-0.39, 0.29) is 36.6 Å². The molecule has 1 aliphatic heterocycles. The van der Waals surface area contributed by atoms with Crippen molar-refractivity contribution in [3.05, 3.63) is 29.1 Å². The van der Waals surface area contributed by atoms with Gasteiger partial charge in [0.2, 0.25) is 0 Å². The maximum Gasteiger partial charge on any atom is 0.189 e. The number of hydrogen-bond acceptors (Lipinski definition) is 3. The number of hydrogen-bond donors (Lipinski definition) is 2. The van der Waals surface area contributed by atoms with Crippen molar-refractivity contribution in [2.24, 2.45) is 10.7 Å². The Morgan fingerprint density at radius 1 is 1.33 bits per heavy atom. The first-order valence-corrected chi connectivity index (χ1v) is 8.26. The van der Waals surface area contributed by atoms with Crippen molar-refractivity contribution in [3.8, 4) is 5.75 Å². The summed E-state index contributed by atoms with van der Waals surface area (Å²) in [5.41, 5.74) is 7.41. The summed E-state index contributed by atoms with van der Waals surface area (Å²) in [6, 6.07) is 2.96. The van der Waals surface area contributed by atoms with Crippen LogP contribution in [0.15, 0.2) is 17.1 Å². The van der Waals surface area contributed by atoms with Gasteiger partial charge in [-0.2, -0.15) is 0 Å². The van der Waals surface area contributed by atoms with Crippen molar-refractivity contribution in [2.45, 2.75) is 45.6 Å². The standard InChI is InChI=1S/C17H26FN3O2.HI/c1-2-3-4-5-7-20-17(19)21-8-6-13-9-15(18)10-14-11-22-12-23-16(13)14;/h9-10H,2-8,11-12H2,1H3,(H3,19,20,21);1H. The molecule has 0 saturated heterocycles. The van der Waals surface area contributed by atoms with Crippen LogP contribution in [0.25, 0.3) is 0 Å². The molecule has 0 aromatic heterocycles. The molecule has 0 fully saturated rings. The van der Waals surface area contributed by atoms with E-state index < -0.39 is 0 Å². The molecule has 24 heavy (non-hydrogen) atoms. The first-order chi connectivity index (χ1) is 11.2. The predicted octanol–water partition coefficient (Wildman–Crippen LogP) is 3.34. The molecule has 0 unspecified atom stereocenters. The number of unbranched alkanes of at least 4 members (excludes halogenated alkanes) is 3. The van der Waals surface area contributed by atoms with Crippen LogP contribution in [-0.2, 0) is 17.8 Å². The first-order valence-electron chi connectivity index (χ1n) is 8.26. The van der Waals surface area contributed by atoms with Crippen LogP contribution in [0.1, 0.15) is 43.7 Å². The van der Waals surface area contributed by atoms with Gasteiger partial charge in [-0.15, -0.1) is 24.0 Å². The van der Waals surface area contributed by atoms with E-state index >= 15 is 0 Å². The number of aliphatic imine (C=N–C) groups is 1. The van der Waals surface area contributed by atoms with E-state index in [0.717, 1.165) is 29.8 Å². The quantitative estimate of drug-likeness (QED) is 0.276. The van der Waals surface area contributed by atoms with Crippen molar-refractivity contribution in [3.63, 3.8) is 0 Å². The van der Waals surface area contributed by atoms with Crippen molar-refractivity contribution >= 4 is 29.9 Å². The summed E-state index contributed by atoms with van der Waals surface area (Å²) in [6.07, 6.45) is 5.30. The van der Waals surface area contributed by atoms with E-state index in [2.05, 4.69) is 17.2 Å². The molecule has 0 bridgehead atoms. The van der Waals surface area contributed by atoms with E-state index in [1.54, 1.807) is 0 Å². The maximum absolute atomic E-state index is 13.6. The molecule has 0 spiro atoms. The molecular weight excluding hydrogens is 424 g/mol. The lowest BCUT2D eigenvalue weighted by molar-refractivity contribution is -0.0172. The highest BCUT2D eigenvalue weighted by molar-refractivity contribution is 14.0. The Labute approximate surface area is 160 Å². The number of guanidine groups is 1. The molecule has 7 heteroatoms. The van der Waals surface area contributed by atoms with E-state index in [1.165, 1.54) is 31.4 Å². The second-order valence-corrected chi connectivity index (χ2v) is 5.67. The molecule has 136 valence electrons. The molecule has 0 atom stereocenters. The Morgan fingerprint density at radius 2 is 2.17 bits per heavy atom. The molecule has 1 aromatic carbocycles. The minimum absolute atomic E-state index is 0. The molecular formula is C17H27FIN3O2. The van der Waals surface area contributed by atoms with Gasteiger partial charge in [0.1, 0.15) is 11.6 Å². The molecule has 0 radical (unpaired) electrons.